The molecule has 0 spiro atoms. The average Bonchev–Trinajstić information content (AvgIpc) is 2.79. The van der Waals surface area contributed by atoms with Crippen LogP contribution < -0.4 is 10.6 Å². The molecule has 1 amide bonds. The van der Waals surface area contributed by atoms with Crippen molar-refractivity contribution in [2.24, 2.45) is 0 Å². The zero-order chi connectivity index (χ0) is 13.7. The van der Waals surface area contributed by atoms with Gasteiger partial charge in [-0.3, -0.25) is 9.69 Å². The third kappa shape index (κ3) is 4.04. The smallest absolute Gasteiger partial charge is 0.221 e. The molecule has 1 atom stereocenters. The number of benzene rings is 1. The highest BCUT2D eigenvalue weighted by molar-refractivity contribution is 5.88. The molecule has 0 aliphatic carbocycles. The van der Waals surface area contributed by atoms with Gasteiger partial charge in [-0.15, -0.1) is 0 Å². The Morgan fingerprint density at radius 2 is 2.11 bits per heavy atom. The zero-order valence-electron chi connectivity index (χ0n) is 11.8. The molecule has 1 aromatic carbocycles. The molecule has 1 aliphatic heterocycles. The summed E-state index contributed by atoms with van der Waals surface area (Å²) in [5, 5.41) is 6.06. The number of carbonyl (C=O) groups excluding carboxylic acids is 1. The molecule has 2 rings (SSSR count). The first-order valence-corrected chi connectivity index (χ1v) is 6.94. The van der Waals surface area contributed by atoms with E-state index in [-0.39, 0.29) is 5.91 Å². The summed E-state index contributed by atoms with van der Waals surface area (Å²) in [6.07, 6.45) is 2.57. The van der Waals surface area contributed by atoms with Crippen LogP contribution in [0.15, 0.2) is 24.3 Å². The number of likely N-dealkylation sites (N-methyl/N-ethyl adjacent to an activating group) is 1. The fourth-order valence-corrected chi connectivity index (χ4v) is 2.70. The van der Waals surface area contributed by atoms with Crippen LogP contribution in [0, 0.1) is 0 Å². The highest BCUT2D eigenvalue weighted by Crippen LogP contribution is 2.20. The molecule has 1 heterocycles. The van der Waals surface area contributed by atoms with Crippen molar-refractivity contribution in [2.45, 2.75) is 32.4 Å². The van der Waals surface area contributed by atoms with E-state index in [2.05, 4.69) is 27.7 Å². The molecule has 104 valence electrons. The number of nitrogens with zero attached hydrogens (tertiary/aromatic N) is 1. The lowest BCUT2D eigenvalue weighted by atomic mass is 10.1. The largest absolute Gasteiger partial charge is 0.326 e. The van der Waals surface area contributed by atoms with Crippen molar-refractivity contribution in [3.63, 3.8) is 0 Å². The molecule has 1 aromatic rings. The summed E-state index contributed by atoms with van der Waals surface area (Å²) in [5.41, 5.74) is 2.17. The minimum atomic E-state index is -0.0265. The minimum absolute atomic E-state index is 0.0265. The molecule has 1 unspecified atom stereocenters. The van der Waals surface area contributed by atoms with Gasteiger partial charge in [0.15, 0.2) is 0 Å². The van der Waals surface area contributed by atoms with Crippen molar-refractivity contribution < 1.29 is 4.79 Å². The van der Waals surface area contributed by atoms with Gasteiger partial charge in [0.05, 0.1) is 0 Å². The molecule has 4 nitrogen and oxygen atoms in total. The van der Waals surface area contributed by atoms with Gasteiger partial charge < -0.3 is 10.6 Å². The van der Waals surface area contributed by atoms with E-state index in [0.717, 1.165) is 18.8 Å². The van der Waals surface area contributed by atoms with Crippen LogP contribution in [0.1, 0.15) is 25.3 Å². The van der Waals surface area contributed by atoms with E-state index in [0.29, 0.717) is 6.04 Å². The Kier molecular flexibility index (Phi) is 4.93. The number of amides is 1. The highest BCUT2D eigenvalue weighted by Gasteiger charge is 2.23. The van der Waals surface area contributed by atoms with Crippen LogP contribution in [-0.2, 0) is 11.3 Å². The first kappa shape index (κ1) is 14.0. The number of rotatable bonds is 5. The Bertz CT molecular complexity index is 416. The standard InChI is InChI=1S/C15H23N3O/c1-12(19)17-14-7-5-13(6-8-14)11-18-9-3-4-15(18)10-16-2/h5-8,15-16H,3-4,9-11H2,1-2H3,(H,17,19). The molecule has 4 heteroatoms. The maximum Gasteiger partial charge on any atom is 0.221 e. The van der Waals surface area contributed by atoms with E-state index in [9.17, 15) is 4.79 Å². The van der Waals surface area contributed by atoms with Crippen LogP contribution in [0.3, 0.4) is 0 Å². The van der Waals surface area contributed by atoms with Gasteiger partial charge >= 0.3 is 0 Å². The van der Waals surface area contributed by atoms with Crippen LogP contribution in [0.2, 0.25) is 0 Å². The molecule has 19 heavy (non-hydrogen) atoms. The maximum absolute atomic E-state index is 11.0. The fraction of sp³-hybridized carbons (Fsp3) is 0.533. The normalized spacial score (nSPS) is 19.6. The predicted molar refractivity (Wildman–Crippen MR) is 78.1 cm³/mol. The lowest BCUT2D eigenvalue weighted by Crippen LogP contribution is -2.36. The summed E-state index contributed by atoms with van der Waals surface area (Å²) in [6, 6.07) is 8.79. The Balaban J connectivity index is 1.93. The molecule has 1 saturated heterocycles. The summed E-state index contributed by atoms with van der Waals surface area (Å²) in [7, 11) is 2.01. The lowest BCUT2D eigenvalue weighted by molar-refractivity contribution is -0.114. The van der Waals surface area contributed by atoms with Gasteiger partial charge in [0.1, 0.15) is 0 Å². The van der Waals surface area contributed by atoms with Crippen LogP contribution in [0.5, 0.6) is 0 Å². The molecular weight excluding hydrogens is 238 g/mol. The van der Waals surface area contributed by atoms with E-state index in [1.807, 2.05) is 19.2 Å². The van der Waals surface area contributed by atoms with Crippen molar-refractivity contribution >= 4 is 11.6 Å². The van der Waals surface area contributed by atoms with Gasteiger partial charge in [-0.1, -0.05) is 12.1 Å². The number of anilines is 1. The summed E-state index contributed by atoms with van der Waals surface area (Å²) in [6.45, 7) is 4.76. The van der Waals surface area contributed by atoms with Gasteiger partial charge in [-0.2, -0.15) is 0 Å². The topological polar surface area (TPSA) is 44.4 Å². The van der Waals surface area contributed by atoms with Crippen molar-refractivity contribution in [2.75, 3.05) is 25.5 Å². The van der Waals surface area contributed by atoms with Crippen LogP contribution >= 0.6 is 0 Å². The molecule has 0 radical (unpaired) electrons. The van der Waals surface area contributed by atoms with Gasteiger partial charge in [0.25, 0.3) is 0 Å². The van der Waals surface area contributed by atoms with Gasteiger partial charge in [0, 0.05) is 31.7 Å². The first-order chi connectivity index (χ1) is 9.19. The molecule has 2 N–H and O–H groups in total. The number of hydrogen-bond acceptors (Lipinski definition) is 3. The van der Waals surface area contributed by atoms with Crippen LogP contribution in [-0.4, -0.2) is 37.0 Å². The fourth-order valence-electron chi connectivity index (χ4n) is 2.70. The monoisotopic (exact) mass is 261 g/mol. The number of likely N-dealkylation sites (tertiary alicyclic amines) is 1. The summed E-state index contributed by atoms with van der Waals surface area (Å²) in [5.74, 6) is -0.0265. The highest BCUT2D eigenvalue weighted by atomic mass is 16.1. The van der Waals surface area contributed by atoms with Crippen molar-refractivity contribution in [1.82, 2.24) is 10.2 Å². The average molecular weight is 261 g/mol. The van der Waals surface area contributed by atoms with E-state index >= 15 is 0 Å². The van der Waals surface area contributed by atoms with E-state index in [1.54, 1.807) is 0 Å². The van der Waals surface area contributed by atoms with E-state index in [1.165, 1.54) is 31.9 Å². The second-order valence-corrected chi connectivity index (χ2v) is 5.20. The van der Waals surface area contributed by atoms with Gasteiger partial charge in [0.2, 0.25) is 5.91 Å². The Morgan fingerprint density at radius 1 is 1.37 bits per heavy atom. The molecule has 0 aromatic heterocycles. The second kappa shape index (κ2) is 6.68. The summed E-state index contributed by atoms with van der Waals surface area (Å²) < 4.78 is 0. The van der Waals surface area contributed by atoms with Crippen molar-refractivity contribution in [3.05, 3.63) is 29.8 Å². The number of hydrogen-bond donors (Lipinski definition) is 2. The number of nitrogens with one attached hydrogen (secondary N) is 2. The Hall–Kier alpha value is -1.39. The molecule has 0 saturated carbocycles. The minimum Gasteiger partial charge on any atom is -0.326 e. The Morgan fingerprint density at radius 3 is 2.74 bits per heavy atom. The van der Waals surface area contributed by atoms with Gasteiger partial charge in [-0.25, -0.2) is 0 Å². The molecular formula is C15H23N3O. The van der Waals surface area contributed by atoms with Gasteiger partial charge in [-0.05, 0) is 44.1 Å². The third-order valence-corrected chi connectivity index (χ3v) is 3.60. The third-order valence-electron chi connectivity index (χ3n) is 3.60. The molecule has 1 fully saturated rings. The summed E-state index contributed by atoms with van der Waals surface area (Å²) in [4.78, 5) is 13.5. The van der Waals surface area contributed by atoms with E-state index < -0.39 is 0 Å². The second-order valence-electron chi connectivity index (χ2n) is 5.20. The van der Waals surface area contributed by atoms with Crippen LogP contribution in [0.25, 0.3) is 0 Å². The van der Waals surface area contributed by atoms with Crippen molar-refractivity contribution in [3.8, 4) is 0 Å². The summed E-state index contributed by atoms with van der Waals surface area (Å²) >= 11 is 0. The van der Waals surface area contributed by atoms with Crippen LogP contribution in [0.4, 0.5) is 5.69 Å². The van der Waals surface area contributed by atoms with E-state index in [4.69, 9.17) is 0 Å². The Labute approximate surface area is 115 Å². The first-order valence-electron chi connectivity index (χ1n) is 6.94. The van der Waals surface area contributed by atoms with Crippen molar-refractivity contribution in [1.29, 1.82) is 0 Å². The quantitative estimate of drug-likeness (QED) is 0.850. The zero-order valence-corrected chi connectivity index (χ0v) is 11.8. The molecule has 1 aliphatic rings. The molecule has 0 bridgehead atoms. The predicted octanol–water partition coefficient (Wildman–Crippen LogP) is 1.83. The SMILES string of the molecule is CNCC1CCCN1Cc1ccc(NC(C)=O)cc1. The maximum atomic E-state index is 11.0. The number of carbonyl (C=O) groups is 1. The lowest BCUT2D eigenvalue weighted by Gasteiger charge is -2.24.